The van der Waals surface area contributed by atoms with Crippen molar-refractivity contribution in [3.63, 3.8) is 0 Å². The highest BCUT2D eigenvalue weighted by molar-refractivity contribution is 6.08. The number of benzene rings is 1. The number of hydrogen-bond donors (Lipinski definition) is 0. The highest BCUT2D eigenvalue weighted by Gasteiger charge is 2.34. The number of nitrogens with zero attached hydrogens (tertiary/aromatic N) is 3. The highest BCUT2D eigenvalue weighted by Crippen LogP contribution is 2.34. The summed E-state index contributed by atoms with van der Waals surface area (Å²) in [4.78, 5) is 18.2. The third kappa shape index (κ3) is 3.54. The van der Waals surface area contributed by atoms with Crippen LogP contribution in [0.15, 0.2) is 24.4 Å². The molecule has 2 aromatic rings. The number of ether oxygens (including phenoxy) is 1. The van der Waals surface area contributed by atoms with Gasteiger partial charge in [0.15, 0.2) is 0 Å². The third-order valence-electron chi connectivity index (χ3n) is 7.37. The molecule has 1 saturated carbocycles. The van der Waals surface area contributed by atoms with Crippen molar-refractivity contribution in [2.75, 3.05) is 33.3 Å². The van der Waals surface area contributed by atoms with E-state index in [2.05, 4.69) is 26.6 Å². The van der Waals surface area contributed by atoms with E-state index in [0.717, 1.165) is 48.4 Å². The van der Waals surface area contributed by atoms with Gasteiger partial charge in [-0.15, -0.1) is 0 Å². The van der Waals surface area contributed by atoms with Crippen molar-refractivity contribution in [1.82, 2.24) is 14.4 Å². The summed E-state index contributed by atoms with van der Waals surface area (Å²) in [5, 5.41) is 1.04. The van der Waals surface area contributed by atoms with Crippen molar-refractivity contribution >= 4 is 16.8 Å². The maximum absolute atomic E-state index is 13.6. The largest absolute Gasteiger partial charge is 0.495 e. The van der Waals surface area contributed by atoms with Gasteiger partial charge in [-0.05, 0) is 44.2 Å². The Morgan fingerprint density at radius 3 is 2.76 bits per heavy atom. The minimum absolute atomic E-state index is 0.192. The molecule has 0 radical (unpaired) electrons. The van der Waals surface area contributed by atoms with Crippen LogP contribution >= 0.6 is 0 Å². The topological polar surface area (TPSA) is 37.7 Å². The molecule has 0 unspecified atom stereocenters. The molecule has 2 saturated heterocycles. The Labute approximate surface area is 173 Å². The summed E-state index contributed by atoms with van der Waals surface area (Å²) < 4.78 is 8.01. The fraction of sp³-hybridized carbons (Fsp3) is 0.625. The molecule has 0 N–H and O–H groups in total. The van der Waals surface area contributed by atoms with E-state index in [1.807, 2.05) is 12.1 Å². The van der Waals surface area contributed by atoms with E-state index in [1.165, 1.54) is 51.5 Å². The molecule has 0 spiro atoms. The lowest BCUT2D eigenvalue weighted by molar-refractivity contribution is 0.0573. The molecular formula is C24H33N3O2. The standard InChI is InChI=1S/C24H33N3O2/c1-29-22-11-5-10-20-21(17-27(23(20)22)15-18-7-3-2-4-8-18)24(28)26-14-13-25-12-6-9-19(25)16-26/h5,10-11,17-19H,2-4,6-9,12-16H2,1H3/t19-/m0/s1. The minimum atomic E-state index is 0.192. The van der Waals surface area contributed by atoms with E-state index in [9.17, 15) is 4.79 Å². The Hall–Kier alpha value is -2.01. The van der Waals surface area contributed by atoms with Crippen LogP contribution in [-0.4, -0.2) is 59.6 Å². The molecule has 29 heavy (non-hydrogen) atoms. The van der Waals surface area contributed by atoms with E-state index < -0.39 is 0 Å². The number of para-hydroxylation sites is 1. The Morgan fingerprint density at radius 1 is 1.07 bits per heavy atom. The lowest BCUT2D eigenvalue weighted by Crippen LogP contribution is -2.52. The second kappa shape index (κ2) is 8.02. The van der Waals surface area contributed by atoms with Crippen LogP contribution in [0.3, 0.4) is 0 Å². The number of methoxy groups -OCH3 is 1. The van der Waals surface area contributed by atoms with Gasteiger partial charge in [0, 0.05) is 43.8 Å². The van der Waals surface area contributed by atoms with Gasteiger partial charge in [-0.3, -0.25) is 9.69 Å². The zero-order chi connectivity index (χ0) is 19.8. The molecule has 1 aromatic heterocycles. The van der Waals surface area contributed by atoms with Crippen LogP contribution < -0.4 is 4.74 Å². The first kappa shape index (κ1) is 19.0. The van der Waals surface area contributed by atoms with Gasteiger partial charge in [0.1, 0.15) is 5.75 Å². The molecule has 3 fully saturated rings. The van der Waals surface area contributed by atoms with Gasteiger partial charge in [-0.2, -0.15) is 0 Å². The summed E-state index contributed by atoms with van der Waals surface area (Å²) >= 11 is 0. The maximum atomic E-state index is 13.6. The molecule has 156 valence electrons. The molecule has 1 amide bonds. The van der Waals surface area contributed by atoms with Crippen molar-refractivity contribution < 1.29 is 9.53 Å². The quantitative estimate of drug-likeness (QED) is 0.780. The van der Waals surface area contributed by atoms with Gasteiger partial charge in [-0.25, -0.2) is 0 Å². The number of amides is 1. The predicted octanol–water partition coefficient (Wildman–Crippen LogP) is 4.15. The SMILES string of the molecule is COc1cccc2c(C(=O)N3CCN4CCC[C@H]4C3)cn(CC3CCCCC3)c12. The normalized spacial score (nSPS) is 23.5. The van der Waals surface area contributed by atoms with Gasteiger partial charge in [0.05, 0.1) is 18.2 Å². The predicted molar refractivity (Wildman–Crippen MR) is 116 cm³/mol. The third-order valence-corrected chi connectivity index (χ3v) is 7.37. The second-order valence-corrected chi connectivity index (χ2v) is 9.14. The molecule has 0 bridgehead atoms. The van der Waals surface area contributed by atoms with Crippen LogP contribution in [-0.2, 0) is 6.54 Å². The Kier molecular flexibility index (Phi) is 5.25. The number of hydrogen-bond acceptors (Lipinski definition) is 3. The summed E-state index contributed by atoms with van der Waals surface area (Å²) in [5.41, 5.74) is 1.93. The van der Waals surface area contributed by atoms with E-state index in [0.29, 0.717) is 12.0 Å². The van der Waals surface area contributed by atoms with Crippen LogP contribution in [0.1, 0.15) is 55.3 Å². The number of carbonyl (C=O) groups excluding carboxylic acids is 1. The van der Waals surface area contributed by atoms with Crippen molar-refractivity contribution in [3.05, 3.63) is 30.0 Å². The fourth-order valence-corrected chi connectivity index (χ4v) is 5.80. The molecule has 3 aliphatic rings. The first-order valence-corrected chi connectivity index (χ1v) is 11.4. The number of carbonyl (C=O) groups is 1. The smallest absolute Gasteiger partial charge is 0.256 e. The second-order valence-electron chi connectivity index (χ2n) is 9.14. The molecule has 5 nitrogen and oxygen atoms in total. The van der Waals surface area contributed by atoms with E-state index in [4.69, 9.17) is 4.74 Å². The average Bonchev–Trinajstić information content (AvgIpc) is 3.38. The van der Waals surface area contributed by atoms with Crippen molar-refractivity contribution in [2.45, 2.75) is 57.5 Å². The van der Waals surface area contributed by atoms with Gasteiger partial charge in [0.25, 0.3) is 5.91 Å². The lowest BCUT2D eigenvalue weighted by Gasteiger charge is -2.37. The zero-order valence-corrected chi connectivity index (χ0v) is 17.6. The molecule has 3 heterocycles. The number of rotatable bonds is 4. The molecule has 1 aromatic carbocycles. The summed E-state index contributed by atoms with van der Waals surface area (Å²) in [6.45, 7) is 4.91. The first-order chi connectivity index (χ1) is 14.2. The van der Waals surface area contributed by atoms with Crippen LogP contribution in [0.25, 0.3) is 10.9 Å². The van der Waals surface area contributed by atoms with E-state index in [1.54, 1.807) is 7.11 Å². The van der Waals surface area contributed by atoms with E-state index in [-0.39, 0.29) is 5.91 Å². The molecule has 5 rings (SSSR count). The summed E-state index contributed by atoms with van der Waals surface area (Å²) in [5.74, 6) is 1.77. The van der Waals surface area contributed by atoms with Crippen LogP contribution in [0.2, 0.25) is 0 Å². The highest BCUT2D eigenvalue weighted by atomic mass is 16.5. The van der Waals surface area contributed by atoms with Gasteiger partial charge >= 0.3 is 0 Å². The molecule has 2 aliphatic heterocycles. The van der Waals surface area contributed by atoms with Gasteiger partial charge < -0.3 is 14.2 Å². The van der Waals surface area contributed by atoms with Crippen molar-refractivity contribution in [1.29, 1.82) is 0 Å². The molecule has 1 aliphatic carbocycles. The summed E-state index contributed by atoms with van der Waals surface area (Å²) in [7, 11) is 1.73. The monoisotopic (exact) mass is 395 g/mol. The lowest BCUT2D eigenvalue weighted by atomic mass is 9.89. The van der Waals surface area contributed by atoms with Crippen molar-refractivity contribution in [3.8, 4) is 5.75 Å². The molecule has 5 heteroatoms. The fourth-order valence-electron chi connectivity index (χ4n) is 5.80. The Balaban J connectivity index is 1.47. The minimum Gasteiger partial charge on any atom is -0.495 e. The van der Waals surface area contributed by atoms with Gasteiger partial charge in [0.2, 0.25) is 0 Å². The number of fused-ring (bicyclic) bond motifs is 2. The van der Waals surface area contributed by atoms with Crippen LogP contribution in [0.5, 0.6) is 5.75 Å². The van der Waals surface area contributed by atoms with Gasteiger partial charge in [-0.1, -0.05) is 31.4 Å². The Morgan fingerprint density at radius 2 is 1.93 bits per heavy atom. The zero-order valence-electron chi connectivity index (χ0n) is 17.6. The molecule has 1 atom stereocenters. The first-order valence-electron chi connectivity index (χ1n) is 11.4. The number of piperazine rings is 1. The van der Waals surface area contributed by atoms with E-state index >= 15 is 0 Å². The van der Waals surface area contributed by atoms with Crippen LogP contribution in [0.4, 0.5) is 0 Å². The summed E-state index contributed by atoms with van der Waals surface area (Å²) in [6.07, 6.45) is 11.2. The average molecular weight is 396 g/mol. The van der Waals surface area contributed by atoms with Crippen molar-refractivity contribution in [2.24, 2.45) is 5.92 Å². The van der Waals surface area contributed by atoms with Crippen LogP contribution in [0, 0.1) is 5.92 Å². The maximum Gasteiger partial charge on any atom is 0.256 e. The number of aromatic nitrogens is 1. The Bertz CT molecular complexity index is 884. The molecular weight excluding hydrogens is 362 g/mol. The summed E-state index contributed by atoms with van der Waals surface area (Å²) in [6, 6.07) is 6.68.